The molecule has 1 atom stereocenters. The Kier molecular flexibility index (Phi) is 51.6. The van der Waals surface area contributed by atoms with Crippen molar-refractivity contribution in [2.75, 3.05) is 40.3 Å². The number of nitrogens with zero attached hydrogens (tertiary/aromatic N) is 2. The molecule has 0 rings (SSSR count). The smallest absolute Gasteiger partial charge is 0.410 e. The summed E-state index contributed by atoms with van der Waals surface area (Å²) in [6.07, 6.45) is 46.8. The van der Waals surface area contributed by atoms with Gasteiger partial charge >= 0.3 is 18.0 Å². The molecule has 71 heavy (non-hydrogen) atoms. The molecule has 1 unspecified atom stereocenters. The van der Waals surface area contributed by atoms with Gasteiger partial charge < -0.3 is 28.7 Å². The van der Waals surface area contributed by atoms with Crippen LogP contribution in [0.25, 0.3) is 0 Å². The second kappa shape index (κ2) is 53.0. The van der Waals surface area contributed by atoms with Gasteiger partial charge in [-0.25, -0.2) is 4.79 Å². The molecule has 0 spiro atoms. The van der Waals surface area contributed by atoms with Crippen molar-refractivity contribution in [3.63, 3.8) is 0 Å². The van der Waals surface area contributed by atoms with Crippen molar-refractivity contribution in [2.45, 2.75) is 342 Å². The lowest BCUT2D eigenvalue weighted by Gasteiger charge is -2.26. The Morgan fingerprint density at radius 2 is 0.662 bits per heavy atom. The van der Waals surface area contributed by atoms with Crippen LogP contribution in [0.4, 0.5) is 4.79 Å². The van der Waals surface area contributed by atoms with Crippen LogP contribution in [0.5, 0.6) is 0 Å². The maximum Gasteiger partial charge on any atom is 0.410 e. The van der Waals surface area contributed by atoms with E-state index < -0.39 is 0 Å². The number of esters is 2. The van der Waals surface area contributed by atoms with Crippen molar-refractivity contribution in [2.24, 2.45) is 0 Å². The predicted octanol–water partition coefficient (Wildman–Crippen LogP) is 18.5. The average molecular weight is 1010 g/mol. The van der Waals surface area contributed by atoms with Gasteiger partial charge in [0.15, 0.2) is 0 Å². The first kappa shape index (κ1) is 69.1. The van der Waals surface area contributed by atoms with Gasteiger partial charge in [0.2, 0.25) is 0 Å². The standard InChI is InChI=1S/C62H122N2O7/c1-9-15-19-32-44-57(45-33-20-16-10-2)69-60(65)50-39-29-25-23-27-36-48-59(71-62(67)64(54-42-52-63(7)8)53-41-31-38-43-56(14-6)68-55-13-5)49-37-28-24-26-30-40-51-61(66)70-58(46-34-21-17-11-3)47-35-22-18-12-4/h56-59H,9-55H2,1-8H3. The van der Waals surface area contributed by atoms with Gasteiger partial charge in [0.25, 0.3) is 0 Å². The van der Waals surface area contributed by atoms with Gasteiger partial charge in [-0.2, -0.15) is 0 Å². The lowest BCUT2D eigenvalue weighted by Crippen LogP contribution is -2.37. The summed E-state index contributed by atoms with van der Waals surface area (Å²) in [6, 6.07) is 0. The molecule has 0 N–H and O–H groups in total. The first-order valence-electron chi connectivity index (χ1n) is 31.2. The van der Waals surface area contributed by atoms with Crippen molar-refractivity contribution in [3.05, 3.63) is 0 Å². The molecule has 0 aromatic carbocycles. The van der Waals surface area contributed by atoms with E-state index >= 15 is 0 Å². The Bertz CT molecular complexity index is 1070. The van der Waals surface area contributed by atoms with Gasteiger partial charge in [0, 0.05) is 32.5 Å². The van der Waals surface area contributed by atoms with Crippen LogP contribution in [0.2, 0.25) is 0 Å². The van der Waals surface area contributed by atoms with Gasteiger partial charge in [-0.3, -0.25) is 9.59 Å². The molecule has 0 aromatic heterocycles. The molecular formula is C62H122N2O7. The Hall–Kier alpha value is -1.87. The van der Waals surface area contributed by atoms with E-state index in [-0.39, 0.29) is 36.3 Å². The van der Waals surface area contributed by atoms with Crippen LogP contribution < -0.4 is 0 Å². The van der Waals surface area contributed by atoms with E-state index in [9.17, 15) is 14.4 Å². The lowest BCUT2D eigenvalue weighted by atomic mass is 10.0. The fraction of sp³-hybridized carbons (Fsp3) is 0.952. The zero-order valence-electron chi connectivity index (χ0n) is 48.8. The number of hydrogen-bond donors (Lipinski definition) is 0. The van der Waals surface area contributed by atoms with Crippen LogP contribution in [-0.2, 0) is 28.5 Å². The minimum absolute atomic E-state index is 0.00598. The summed E-state index contributed by atoms with van der Waals surface area (Å²) in [6.45, 7) is 16.6. The van der Waals surface area contributed by atoms with Gasteiger partial charge in [-0.1, -0.05) is 183 Å². The molecule has 0 saturated carbocycles. The van der Waals surface area contributed by atoms with E-state index in [1.165, 1.54) is 77.0 Å². The Labute approximate surface area is 441 Å². The minimum atomic E-state index is -0.140. The Morgan fingerprint density at radius 1 is 0.338 bits per heavy atom. The van der Waals surface area contributed by atoms with Crippen molar-refractivity contribution >= 4 is 18.0 Å². The molecular weight excluding hydrogens is 885 g/mol. The quantitative estimate of drug-likeness (QED) is 0.0338. The van der Waals surface area contributed by atoms with Crippen molar-refractivity contribution in [1.82, 2.24) is 9.80 Å². The second-order valence-electron chi connectivity index (χ2n) is 21.8. The van der Waals surface area contributed by atoms with Crippen molar-refractivity contribution in [1.29, 1.82) is 0 Å². The predicted molar refractivity (Wildman–Crippen MR) is 302 cm³/mol. The molecule has 0 aliphatic rings. The summed E-state index contributed by atoms with van der Waals surface area (Å²) < 4.78 is 24.5. The highest BCUT2D eigenvalue weighted by Crippen LogP contribution is 2.22. The molecule has 0 radical (unpaired) electrons. The number of amides is 1. The third-order valence-electron chi connectivity index (χ3n) is 14.5. The molecule has 0 saturated heterocycles. The molecule has 1 amide bonds. The molecule has 0 aliphatic heterocycles. The highest BCUT2D eigenvalue weighted by atomic mass is 16.6. The number of carbonyl (C=O) groups is 3. The van der Waals surface area contributed by atoms with Gasteiger partial charge in [-0.05, 0) is 143 Å². The zero-order valence-corrected chi connectivity index (χ0v) is 48.8. The maximum atomic E-state index is 13.9. The largest absolute Gasteiger partial charge is 0.462 e. The summed E-state index contributed by atoms with van der Waals surface area (Å²) in [5.41, 5.74) is 0. The Morgan fingerprint density at radius 3 is 1.03 bits per heavy atom. The molecule has 0 aromatic rings. The summed E-state index contributed by atoms with van der Waals surface area (Å²) in [5.74, 6) is -0.0120. The molecule has 422 valence electrons. The summed E-state index contributed by atoms with van der Waals surface area (Å²) in [7, 11) is 4.19. The van der Waals surface area contributed by atoms with Crippen LogP contribution >= 0.6 is 0 Å². The van der Waals surface area contributed by atoms with Crippen LogP contribution in [0, 0.1) is 0 Å². The van der Waals surface area contributed by atoms with Crippen LogP contribution in [0.1, 0.15) is 318 Å². The topological polar surface area (TPSA) is 94.6 Å². The first-order valence-corrected chi connectivity index (χ1v) is 31.2. The van der Waals surface area contributed by atoms with E-state index in [2.05, 4.69) is 60.5 Å². The van der Waals surface area contributed by atoms with E-state index in [4.69, 9.17) is 18.9 Å². The van der Waals surface area contributed by atoms with E-state index in [0.717, 1.165) is 212 Å². The fourth-order valence-corrected chi connectivity index (χ4v) is 9.80. The SMILES string of the molecule is CCCCCCC(CCCCCC)OC(=O)CCCCCCCCC(CCCCCCCCC(=O)OC(CCCCCC)CCCCCC)OC(=O)N(CCCCCC(CC)OCCC)CCCN(C)C. The summed E-state index contributed by atoms with van der Waals surface area (Å²) in [5, 5.41) is 0. The van der Waals surface area contributed by atoms with E-state index in [1.807, 2.05) is 4.90 Å². The lowest BCUT2D eigenvalue weighted by molar-refractivity contribution is -0.151. The summed E-state index contributed by atoms with van der Waals surface area (Å²) >= 11 is 0. The second-order valence-corrected chi connectivity index (χ2v) is 21.8. The average Bonchev–Trinajstić information content (AvgIpc) is 3.35. The first-order chi connectivity index (χ1) is 34.6. The van der Waals surface area contributed by atoms with Crippen molar-refractivity contribution < 1.29 is 33.3 Å². The van der Waals surface area contributed by atoms with Crippen molar-refractivity contribution in [3.8, 4) is 0 Å². The van der Waals surface area contributed by atoms with Gasteiger partial charge in [0.05, 0.1) is 6.10 Å². The zero-order chi connectivity index (χ0) is 52.3. The molecule has 0 fully saturated rings. The third-order valence-corrected chi connectivity index (χ3v) is 14.5. The van der Waals surface area contributed by atoms with Crippen LogP contribution in [0.3, 0.4) is 0 Å². The highest BCUT2D eigenvalue weighted by Gasteiger charge is 2.21. The molecule has 0 bridgehead atoms. The molecule has 9 nitrogen and oxygen atoms in total. The number of rotatable bonds is 55. The molecule has 9 heteroatoms. The monoisotopic (exact) mass is 1010 g/mol. The number of unbranched alkanes of at least 4 members (excludes halogenated alkanes) is 24. The summed E-state index contributed by atoms with van der Waals surface area (Å²) in [4.78, 5) is 43.8. The number of carbonyl (C=O) groups excluding carboxylic acids is 3. The number of ether oxygens (including phenoxy) is 4. The normalized spacial score (nSPS) is 12.2. The van der Waals surface area contributed by atoms with Crippen LogP contribution in [0.15, 0.2) is 0 Å². The van der Waals surface area contributed by atoms with E-state index in [0.29, 0.717) is 18.9 Å². The number of hydrogen-bond acceptors (Lipinski definition) is 8. The molecule has 0 aliphatic carbocycles. The van der Waals surface area contributed by atoms with Gasteiger partial charge in [-0.15, -0.1) is 0 Å². The highest BCUT2D eigenvalue weighted by molar-refractivity contribution is 5.70. The van der Waals surface area contributed by atoms with Crippen LogP contribution in [-0.4, -0.2) is 92.6 Å². The minimum Gasteiger partial charge on any atom is -0.462 e. The van der Waals surface area contributed by atoms with Gasteiger partial charge in [0.1, 0.15) is 18.3 Å². The van der Waals surface area contributed by atoms with E-state index in [1.54, 1.807) is 0 Å². The fourth-order valence-electron chi connectivity index (χ4n) is 9.80. The Balaban J connectivity index is 5.18. The maximum absolute atomic E-state index is 13.9. The third kappa shape index (κ3) is 46.4. The molecule has 0 heterocycles.